The van der Waals surface area contributed by atoms with Gasteiger partial charge in [0.15, 0.2) is 11.5 Å². The van der Waals surface area contributed by atoms with E-state index >= 15 is 0 Å². The molecule has 1 N–H and O–H groups in total. The molecule has 0 spiro atoms. The molecule has 0 aliphatic carbocycles. The molecule has 4 rings (SSSR count). The fourth-order valence-corrected chi connectivity index (χ4v) is 4.95. The van der Waals surface area contributed by atoms with Gasteiger partial charge in [-0.25, -0.2) is 0 Å². The number of aliphatic hydroxyl groups is 1. The zero-order chi connectivity index (χ0) is 24.4. The third-order valence-electron chi connectivity index (χ3n) is 5.59. The Labute approximate surface area is 205 Å². The highest BCUT2D eigenvalue weighted by Gasteiger charge is 2.47. The largest absolute Gasteiger partial charge is 0.507 e. The van der Waals surface area contributed by atoms with Crippen LogP contribution in [0, 0.1) is 0 Å². The molecular weight excluding hydrogens is 478 g/mol. The molecule has 1 saturated heterocycles. The van der Waals surface area contributed by atoms with Crippen molar-refractivity contribution in [1.82, 2.24) is 4.90 Å². The average molecular weight is 500 g/mol. The molecule has 7 nitrogen and oxygen atoms in total. The van der Waals surface area contributed by atoms with Crippen molar-refractivity contribution in [2.75, 3.05) is 21.3 Å². The van der Waals surface area contributed by atoms with Gasteiger partial charge in [-0.05, 0) is 35.7 Å². The first-order chi connectivity index (χ1) is 16.4. The standard InChI is InChI=1S/C25H22ClNO6S/c1-31-18-10-9-14(26)12-17(18)22(28)20-21(16-7-4-8-19(32-2)24(16)33-3)27(25(30)23(20)29)13-15-6-5-11-34-15/h4-12,21,28H,13H2,1-3H3/b22-20+. The van der Waals surface area contributed by atoms with Crippen molar-refractivity contribution in [3.8, 4) is 17.2 Å². The van der Waals surface area contributed by atoms with Crippen LogP contribution in [0.15, 0.2) is 59.5 Å². The Bertz CT molecular complexity index is 1270. The summed E-state index contributed by atoms with van der Waals surface area (Å²) in [6, 6.07) is 12.7. The number of thiophene rings is 1. The lowest BCUT2D eigenvalue weighted by atomic mass is 9.94. The maximum Gasteiger partial charge on any atom is 0.295 e. The van der Waals surface area contributed by atoms with E-state index in [1.54, 1.807) is 30.3 Å². The molecule has 0 bridgehead atoms. The molecule has 9 heteroatoms. The van der Waals surface area contributed by atoms with E-state index in [1.807, 2.05) is 17.5 Å². The summed E-state index contributed by atoms with van der Waals surface area (Å²) >= 11 is 7.63. The van der Waals surface area contributed by atoms with Gasteiger partial charge in [0.05, 0.1) is 45.1 Å². The Kier molecular flexibility index (Phi) is 6.81. The second-order valence-corrected chi connectivity index (χ2v) is 8.90. The number of halogens is 1. The topological polar surface area (TPSA) is 85.3 Å². The third kappa shape index (κ3) is 4.10. The lowest BCUT2D eigenvalue weighted by molar-refractivity contribution is -0.140. The number of rotatable bonds is 7. The van der Waals surface area contributed by atoms with Gasteiger partial charge in [0.1, 0.15) is 11.5 Å². The summed E-state index contributed by atoms with van der Waals surface area (Å²) in [6.07, 6.45) is 0. The normalized spacial score (nSPS) is 17.2. The fourth-order valence-electron chi connectivity index (χ4n) is 4.07. The van der Waals surface area contributed by atoms with Crippen LogP contribution in [0.3, 0.4) is 0 Å². The summed E-state index contributed by atoms with van der Waals surface area (Å²) in [4.78, 5) is 28.9. The molecule has 1 amide bonds. The molecule has 1 fully saturated rings. The summed E-state index contributed by atoms with van der Waals surface area (Å²) in [6.45, 7) is 0.177. The van der Waals surface area contributed by atoms with Crippen LogP contribution >= 0.6 is 22.9 Å². The van der Waals surface area contributed by atoms with Crippen LogP contribution in [-0.4, -0.2) is 43.0 Å². The Morgan fingerprint density at radius 1 is 1.03 bits per heavy atom. The molecule has 2 aromatic carbocycles. The Hall–Kier alpha value is -3.49. The highest BCUT2D eigenvalue weighted by atomic mass is 35.5. The van der Waals surface area contributed by atoms with Crippen molar-refractivity contribution in [2.24, 2.45) is 0 Å². The zero-order valence-electron chi connectivity index (χ0n) is 18.7. The van der Waals surface area contributed by atoms with Gasteiger partial charge in [-0.1, -0.05) is 29.8 Å². The van der Waals surface area contributed by atoms with E-state index in [-0.39, 0.29) is 23.4 Å². The number of likely N-dealkylation sites (tertiary alicyclic amines) is 1. The van der Waals surface area contributed by atoms with Crippen molar-refractivity contribution >= 4 is 40.4 Å². The number of carbonyl (C=O) groups is 2. The van der Waals surface area contributed by atoms with E-state index in [0.29, 0.717) is 27.8 Å². The van der Waals surface area contributed by atoms with Crippen LogP contribution in [0.2, 0.25) is 5.02 Å². The zero-order valence-corrected chi connectivity index (χ0v) is 20.3. The third-order valence-corrected chi connectivity index (χ3v) is 6.69. The lowest BCUT2D eigenvalue weighted by Gasteiger charge is -2.27. The number of methoxy groups -OCH3 is 3. The van der Waals surface area contributed by atoms with Gasteiger partial charge in [0, 0.05) is 15.5 Å². The molecular formula is C25H22ClNO6S. The number of hydrogen-bond acceptors (Lipinski definition) is 7. The summed E-state index contributed by atoms with van der Waals surface area (Å²) in [7, 11) is 4.42. The maximum atomic E-state index is 13.3. The fraction of sp³-hybridized carbons (Fsp3) is 0.200. The van der Waals surface area contributed by atoms with E-state index in [0.717, 1.165) is 4.88 Å². The number of Topliss-reactive ketones (excluding diaryl/α,β-unsaturated/α-hetero) is 1. The predicted octanol–water partition coefficient (Wildman–Crippen LogP) is 5.05. The first-order valence-electron chi connectivity index (χ1n) is 10.3. The van der Waals surface area contributed by atoms with Gasteiger partial charge in [-0.3, -0.25) is 9.59 Å². The molecule has 2 heterocycles. The van der Waals surface area contributed by atoms with Gasteiger partial charge in [-0.2, -0.15) is 0 Å². The maximum absolute atomic E-state index is 13.3. The first kappa shape index (κ1) is 23.7. The number of hydrogen-bond donors (Lipinski definition) is 1. The highest BCUT2D eigenvalue weighted by Crippen LogP contribution is 2.47. The van der Waals surface area contributed by atoms with E-state index in [2.05, 4.69) is 0 Å². The second-order valence-electron chi connectivity index (χ2n) is 7.43. The Morgan fingerprint density at radius 2 is 1.79 bits per heavy atom. The number of ketones is 1. The molecule has 0 radical (unpaired) electrons. The van der Waals surface area contributed by atoms with Crippen molar-refractivity contribution in [1.29, 1.82) is 0 Å². The molecule has 34 heavy (non-hydrogen) atoms. The Morgan fingerprint density at radius 3 is 2.44 bits per heavy atom. The van der Waals surface area contributed by atoms with Gasteiger partial charge in [0.25, 0.3) is 11.7 Å². The molecule has 1 aliphatic heterocycles. The van der Waals surface area contributed by atoms with E-state index < -0.39 is 17.7 Å². The SMILES string of the molecule is COc1ccc(Cl)cc1/C(O)=C1\C(=O)C(=O)N(Cc2cccs2)C1c1cccc(OC)c1OC. The minimum absolute atomic E-state index is 0.0892. The highest BCUT2D eigenvalue weighted by molar-refractivity contribution is 7.09. The number of amides is 1. The number of ether oxygens (including phenoxy) is 3. The minimum atomic E-state index is -0.934. The molecule has 3 aromatic rings. The summed E-state index contributed by atoms with van der Waals surface area (Å²) < 4.78 is 16.4. The van der Waals surface area contributed by atoms with Crippen LogP contribution in [0.1, 0.15) is 22.0 Å². The minimum Gasteiger partial charge on any atom is -0.507 e. The average Bonchev–Trinajstić information content (AvgIpc) is 3.45. The number of nitrogens with zero attached hydrogens (tertiary/aromatic N) is 1. The van der Waals surface area contributed by atoms with Crippen molar-refractivity contribution in [2.45, 2.75) is 12.6 Å². The molecule has 176 valence electrons. The smallest absolute Gasteiger partial charge is 0.295 e. The van der Waals surface area contributed by atoms with Gasteiger partial charge < -0.3 is 24.2 Å². The van der Waals surface area contributed by atoms with Crippen LogP contribution < -0.4 is 14.2 Å². The van der Waals surface area contributed by atoms with Crippen molar-refractivity contribution in [3.05, 3.63) is 80.5 Å². The predicted molar refractivity (Wildman–Crippen MR) is 130 cm³/mol. The lowest BCUT2D eigenvalue weighted by Crippen LogP contribution is -2.29. The molecule has 1 atom stereocenters. The number of aliphatic hydroxyl groups excluding tert-OH is 1. The number of carbonyl (C=O) groups excluding carboxylic acids is 2. The Balaban J connectivity index is 1.99. The summed E-state index contributed by atoms with van der Waals surface area (Å²) in [5, 5.41) is 13.6. The molecule has 1 aliphatic rings. The van der Waals surface area contributed by atoms with Crippen molar-refractivity contribution in [3.63, 3.8) is 0 Å². The summed E-state index contributed by atoms with van der Waals surface area (Å²) in [5.41, 5.74) is 0.616. The quantitative estimate of drug-likeness (QED) is 0.278. The monoisotopic (exact) mass is 499 g/mol. The number of benzene rings is 2. The van der Waals surface area contributed by atoms with Crippen LogP contribution in [0.4, 0.5) is 0 Å². The van der Waals surface area contributed by atoms with E-state index in [1.165, 1.54) is 43.6 Å². The van der Waals surface area contributed by atoms with Crippen LogP contribution in [0.25, 0.3) is 5.76 Å². The van der Waals surface area contributed by atoms with Crippen LogP contribution in [0.5, 0.6) is 17.2 Å². The van der Waals surface area contributed by atoms with Gasteiger partial charge >= 0.3 is 0 Å². The van der Waals surface area contributed by atoms with E-state index in [9.17, 15) is 14.7 Å². The first-order valence-corrected chi connectivity index (χ1v) is 11.5. The van der Waals surface area contributed by atoms with Gasteiger partial charge in [-0.15, -0.1) is 11.3 Å². The molecule has 1 aromatic heterocycles. The molecule has 1 unspecified atom stereocenters. The summed E-state index contributed by atoms with van der Waals surface area (Å²) in [5.74, 6) is -0.833. The van der Waals surface area contributed by atoms with Gasteiger partial charge in [0.2, 0.25) is 0 Å². The van der Waals surface area contributed by atoms with Crippen LogP contribution in [-0.2, 0) is 16.1 Å². The second kappa shape index (κ2) is 9.79. The molecule has 0 saturated carbocycles. The number of para-hydroxylation sites is 1. The van der Waals surface area contributed by atoms with E-state index in [4.69, 9.17) is 25.8 Å². The van der Waals surface area contributed by atoms with Crippen molar-refractivity contribution < 1.29 is 28.9 Å².